The lowest BCUT2D eigenvalue weighted by Gasteiger charge is -2.21. The Morgan fingerprint density at radius 1 is 1.45 bits per heavy atom. The summed E-state index contributed by atoms with van der Waals surface area (Å²) >= 11 is 1.57. The van der Waals surface area contributed by atoms with Crippen molar-refractivity contribution < 1.29 is 5.11 Å². The van der Waals surface area contributed by atoms with E-state index in [0.717, 1.165) is 35.6 Å². The minimum absolute atomic E-state index is 0.211. The molecule has 3 rings (SSSR count). The van der Waals surface area contributed by atoms with Crippen molar-refractivity contribution in [2.75, 3.05) is 13.6 Å². The van der Waals surface area contributed by atoms with Gasteiger partial charge in [-0.3, -0.25) is 0 Å². The number of nitriles is 1. The molecule has 1 aromatic carbocycles. The van der Waals surface area contributed by atoms with E-state index in [9.17, 15) is 10.4 Å². The quantitative estimate of drug-likeness (QED) is 0.865. The highest BCUT2D eigenvalue weighted by molar-refractivity contribution is 7.16. The number of aromatic hydroxyl groups is 1. The summed E-state index contributed by atoms with van der Waals surface area (Å²) in [6.07, 6.45) is 2.53. The van der Waals surface area contributed by atoms with Gasteiger partial charge in [0.05, 0.1) is 5.56 Å². The van der Waals surface area contributed by atoms with E-state index in [1.54, 1.807) is 23.6 Å². The van der Waals surface area contributed by atoms with Crippen LogP contribution in [-0.2, 0) is 13.0 Å². The fraction of sp³-hybridized carbons (Fsp3) is 0.294. The van der Waals surface area contributed by atoms with Crippen LogP contribution in [0, 0.1) is 18.3 Å². The van der Waals surface area contributed by atoms with Gasteiger partial charge in [-0.15, -0.1) is 11.3 Å². The molecule has 1 N–H and O–H groups in total. The van der Waals surface area contributed by atoms with Gasteiger partial charge in [-0.2, -0.15) is 5.26 Å². The van der Waals surface area contributed by atoms with Crippen LogP contribution in [0.15, 0.2) is 23.2 Å². The number of phenols is 1. The first kappa shape index (κ1) is 14.8. The molecule has 5 heteroatoms. The van der Waals surface area contributed by atoms with Gasteiger partial charge in [0.1, 0.15) is 16.8 Å². The maximum absolute atomic E-state index is 9.93. The van der Waals surface area contributed by atoms with Crippen LogP contribution >= 0.6 is 11.3 Å². The molecule has 0 bridgehead atoms. The van der Waals surface area contributed by atoms with E-state index >= 15 is 0 Å². The molecule has 112 valence electrons. The highest BCUT2D eigenvalue weighted by atomic mass is 32.1. The molecule has 0 amide bonds. The zero-order chi connectivity index (χ0) is 15.7. The fourth-order valence-corrected chi connectivity index (χ4v) is 3.84. The topological polar surface area (TPSA) is 59.6 Å². The van der Waals surface area contributed by atoms with E-state index in [1.165, 1.54) is 4.88 Å². The van der Waals surface area contributed by atoms with Gasteiger partial charge in [-0.25, -0.2) is 4.99 Å². The Balaban J connectivity index is 1.96. The van der Waals surface area contributed by atoms with Crippen molar-refractivity contribution in [2.45, 2.75) is 19.9 Å². The second-order valence-electron chi connectivity index (χ2n) is 5.60. The molecular formula is C17H17N3OS. The van der Waals surface area contributed by atoms with Gasteiger partial charge in [-0.05, 0) is 43.7 Å². The smallest absolute Gasteiger partial charge is 0.134 e. The van der Waals surface area contributed by atoms with Crippen molar-refractivity contribution in [1.82, 2.24) is 4.90 Å². The maximum Gasteiger partial charge on any atom is 0.134 e. The molecule has 1 aliphatic heterocycles. The highest BCUT2D eigenvalue weighted by Gasteiger charge is 2.22. The minimum Gasteiger partial charge on any atom is -0.507 e. The van der Waals surface area contributed by atoms with Crippen molar-refractivity contribution in [1.29, 1.82) is 5.26 Å². The molecule has 0 unspecified atom stereocenters. The molecule has 4 nitrogen and oxygen atoms in total. The largest absolute Gasteiger partial charge is 0.507 e. The van der Waals surface area contributed by atoms with E-state index in [-0.39, 0.29) is 5.75 Å². The van der Waals surface area contributed by atoms with Crippen LogP contribution in [-0.4, -0.2) is 29.8 Å². The zero-order valence-electron chi connectivity index (χ0n) is 12.6. The van der Waals surface area contributed by atoms with Crippen molar-refractivity contribution in [3.8, 4) is 11.8 Å². The van der Waals surface area contributed by atoms with Gasteiger partial charge < -0.3 is 10.0 Å². The van der Waals surface area contributed by atoms with Crippen molar-refractivity contribution >= 4 is 22.6 Å². The van der Waals surface area contributed by atoms with Crippen LogP contribution in [0.1, 0.15) is 27.1 Å². The number of thiophene rings is 1. The highest BCUT2D eigenvalue weighted by Crippen LogP contribution is 2.38. The number of benzene rings is 1. The Hall–Kier alpha value is -2.16. The fourth-order valence-electron chi connectivity index (χ4n) is 2.61. The number of aliphatic imine (C=N–C) groups is 1. The van der Waals surface area contributed by atoms with Crippen LogP contribution < -0.4 is 0 Å². The summed E-state index contributed by atoms with van der Waals surface area (Å²) in [5.41, 5.74) is 3.50. The molecule has 2 aromatic rings. The third-order valence-corrected chi connectivity index (χ3v) is 4.97. The SMILES string of the molecule is Cc1ccc(C=Nc2sc3c(c2C#N)CCN(C)C3)c(O)c1. The van der Waals surface area contributed by atoms with Crippen LogP contribution in [0.5, 0.6) is 5.75 Å². The van der Waals surface area contributed by atoms with Crippen molar-refractivity contribution in [3.63, 3.8) is 0 Å². The predicted octanol–water partition coefficient (Wildman–Crippen LogP) is 3.37. The Morgan fingerprint density at radius 2 is 2.27 bits per heavy atom. The third kappa shape index (κ3) is 2.76. The summed E-state index contributed by atoms with van der Waals surface area (Å²) in [5.74, 6) is 0.211. The molecule has 22 heavy (non-hydrogen) atoms. The molecule has 0 aliphatic carbocycles. The van der Waals surface area contributed by atoms with E-state index in [2.05, 4.69) is 23.0 Å². The lowest BCUT2D eigenvalue weighted by Crippen LogP contribution is -2.25. The van der Waals surface area contributed by atoms with Gasteiger partial charge in [0.2, 0.25) is 0 Å². The lowest BCUT2D eigenvalue weighted by molar-refractivity contribution is 0.317. The Labute approximate surface area is 134 Å². The summed E-state index contributed by atoms with van der Waals surface area (Å²) in [4.78, 5) is 7.94. The Bertz CT molecular complexity index is 786. The number of hydrogen-bond acceptors (Lipinski definition) is 5. The molecular weight excluding hydrogens is 294 g/mol. The summed E-state index contributed by atoms with van der Waals surface area (Å²) in [6.45, 7) is 3.78. The average Bonchev–Trinajstić information content (AvgIpc) is 2.82. The van der Waals surface area contributed by atoms with Crippen molar-refractivity contribution in [2.24, 2.45) is 4.99 Å². The zero-order valence-corrected chi connectivity index (χ0v) is 13.4. The molecule has 0 saturated carbocycles. The number of fused-ring (bicyclic) bond motifs is 1. The van der Waals surface area contributed by atoms with Crippen LogP contribution in [0.2, 0.25) is 0 Å². The first-order valence-corrected chi connectivity index (χ1v) is 7.97. The van der Waals surface area contributed by atoms with E-state index < -0.39 is 0 Å². The number of phenolic OH excluding ortho intramolecular Hbond substituents is 1. The Kier molecular flexibility index (Phi) is 3.97. The third-order valence-electron chi connectivity index (χ3n) is 3.85. The summed E-state index contributed by atoms with van der Waals surface area (Å²) in [5, 5.41) is 20.1. The van der Waals surface area contributed by atoms with E-state index in [0.29, 0.717) is 11.1 Å². The number of rotatable bonds is 2. The van der Waals surface area contributed by atoms with Crippen molar-refractivity contribution in [3.05, 3.63) is 45.3 Å². The number of hydrogen-bond donors (Lipinski definition) is 1. The first-order valence-electron chi connectivity index (χ1n) is 7.15. The Morgan fingerprint density at radius 3 is 3.00 bits per heavy atom. The molecule has 0 radical (unpaired) electrons. The summed E-state index contributed by atoms with van der Waals surface area (Å²) in [6, 6.07) is 7.77. The second kappa shape index (κ2) is 5.91. The van der Waals surface area contributed by atoms with Gasteiger partial charge >= 0.3 is 0 Å². The average molecular weight is 311 g/mol. The number of likely N-dealkylation sites (N-methyl/N-ethyl adjacent to an activating group) is 1. The lowest BCUT2D eigenvalue weighted by atomic mass is 10.0. The number of aryl methyl sites for hydroxylation is 1. The summed E-state index contributed by atoms with van der Waals surface area (Å²) < 4.78 is 0. The normalized spacial score (nSPS) is 15.0. The van der Waals surface area contributed by atoms with Gasteiger partial charge in [0.25, 0.3) is 0 Å². The monoisotopic (exact) mass is 311 g/mol. The number of nitrogens with zero attached hydrogens (tertiary/aromatic N) is 3. The predicted molar refractivity (Wildman–Crippen MR) is 89.2 cm³/mol. The van der Waals surface area contributed by atoms with Crippen LogP contribution in [0.3, 0.4) is 0 Å². The molecule has 2 heterocycles. The second-order valence-corrected chi connectivity index (χ2v) is 6.69. The van der Waals surface area contributed by atoms with Gasteiger partial charge in [0.15, 0.2) is 0 Å². The minimum atomic E-state index is 0.211. The van der Waals surface area contributed by atoms with E-state index in [4.69, 9.17) is 0 Å². The van der Waals surface area contributed by atoms with Crippen LogP contribution in [0.25, 0.3) is 0 Å². The van der Waals surface area contributed by atoms with Crippen LogP contribution in [0.4, 0.5) is 5.00 Å². The van der Waals surface area contributed by atoms with Gasteiger partial charge in [0, 0.05) is 29.7 Å². The van der Waals surface area contributed by atoms with Gasteiger partial charge in [-0.1, -0.05) is 6.07 Å². The summed E-state index contributed by atoms with van der Waals surface area (Å²) in [7, 11) is 2.09. The van der Waals surface area contributed by atoms with E-state index in [1.807, 2.05) is 19.1 Å². The molecule has 1 aromatic heterocycles. The molecule has 0 saturated heterocycles. The molecule has 0 spiro atoms. The maximum atomic E-state index is 9.93. The molecule has 0 fully saturated rings. The first-order chi connectivity index (χ1) is 10.6. The standard InChI is InChI=1S/C17H17N3OS/c1-11-3-4-12(15(21)7-11)9-19-17-14(8-18)13-5-6-20(2)10-16(13)22-17/h3-4,7,9,21H,5-6,10H2,1-2H3. The molecule has 0 atom stereocenters. The molecule has 1 aliphatic rings.